The van der Waals surface area contributed by atoms with Crippen molar-refractivity contribution in [1.29, 1.82) is 0 Å². The van der Waals surface area contributed by atoms with Gasteiger partial charge in [0.1, 0.15) is 6.04 Å². The van der Waals surface area contributed by atoms with E-state index < -0.39 is 23.8 Å². The second-order valence-electron chi connectivity index (χ2n) is 7.08. The lowest BCUT2D eigenvalue weighted by atomic mass is 10.0. The molecule has 29 heavy (non-hydrogen) atoms. The number of esters is 1. The highest BCUT2D eigenvalue weighted by atomic mass is 16.6. The summed E-state index contributed by atoms with van der Waals surface area (Å²) in [5.74, 6) is -0.965. The summed E-state index contributed by atoms with van der Waals surface area (Å²) < 4.78 is 16.1. The van der Waals surface area contributed by atoms with Gasteiger partial charge in [-0.2, -0.15) is 0 Å². The summed E-state index contributed by atoms with van der Waals surface area (Å²) in [5, 5.41) is 0. The molecule has 0 radical (unpaired) electrons. The van der Waals surface area contributed by atoms with Crippen LogP contribution >= 0.6 is 0 Å². The molecule has 3 rings (SSSR count). The van der Waals surface area contributed by atoms with Crippen LogP contribution in [0.25, 0.3) is 0 Å². The number of rotatable bonds is 7. The molecule has 0 N–H and O–H groups in total. The number of ether oxygens (including phenoxy) is 3. The first kappa shape index (κ1) is 20.4. The van der Waals surface area contributed by atoms with Crippen molar-refractivity contribution in [3.63, 3.8) is 0 Å². The fourth-order valence-corrected chi connectivity index (χ4v) is 3.33. The summed E-state index contributed by atoms with van der Waals surface area (Å²) in [6.07, 6.45) is 0.266. The molecule has 2 amide bonds. The molecule has 152 valence electrons. The summed E-state index contributed by atoms with van der Waals surface area (Å²) in [5.41, 5.74) is 0.572. The van der Waals surface area contributed by atoms with Crippen molar-refractivity contribution in [3.05, 3.63) is 53.6 Å². The molecule has 7 nitrogen and oxygen atoms in total. The van der Waals surface area contributed by atoms with Crippen LogP contribution in [0.3, 0.4) is 0 Å². The quantitative estimate of drug-likeness (QED) is 0.405. The predicted octanol–water partition coefficient (Wildman–Crippen LogP) is 3.32. The van der Waals surface area contributed by atoms with Crippen LogP contribution in [0, 0.1) is 5.92 Å². The van der Waals surface area contributed by atoms with Gasteiger partial charge in [-0.1, -0.05) is 32.0 Å². The number of hydrogen-bond donors (Lipinski definition) is 0. The third-order valence-electron chi connectivity index (χ3n) is 4.69. The van der Waals surface area contributed by atoms with Crippen molar-refractivity contribution >= 4 is 17.8 Å². The largest absolute Gasteiger partial charge is 0.493 e. The molecule has 0 bridgehead atoms. The Balaban J connectivity index is 1.96. The lowest BCUT2D eigenvalue weighted by Crippen LogP contribution is -2.47. The van der Waals surface area contributed by atoms with Crippen LogP contribution in [-0.2, 0) is 4.79 Å². The zero-order valence-corrected chi connectivity index (χ0v) is 16.8. The minimum Gasteiger partial charge on any atom is -0.493 e. The topological polar surface area (TPSA) is 82.1 Å². The van der Waals surface area contributed by atoms with Gasteiger partial charge in [-0.05, 0) is 36.6 Å². The molecule has 1 atom stereocenters. The predicted molar refractivity (Wildman–Crippen MR) is 105 cm³/mol. The number of para-hydroxylation sites is 1. The smallest absolute Gasteiger partial charge is 0.335 e. The standard InChI is InChI=1S/C22H23NO6/c1-13(2)12-16(23-20(24)14-8-5-6-9-15(14)21(23)25)22(26)29-19-17(27-3)10-7-11-18(19)28-4/h5-11,13,16H,12H2,1-4H3/t16-/m1/s1. The third kappa shape index (κ3) is 3.81. The van der Waals surface area contributed by atoms with Crippen LogP contribution in [-0.4, -0.2) is 42.9 Å². The van der Waals surface area contributed by atoms with E-state index in [1.165, 1.54) is 14.2 Å². The number of benzene rings is 2. The first-order valence-corrected chi connectivity index (χ1v) is 9.28. The molecule has 1 aliphatic heterocycles. The first-order valence-electron chi connectivity index (χ1n) is 9.28. The molecular formula is C22H23NO6. The molecule has 2 aromatic carbocycles. The van der Waals surface area contributed by atoms with Crippen molar-refractivity contribution in [2.24, 2.45) is 5.92 Å². The van der Waals surface area contributed by atoms with E-state index in [1.54, 1.807) is 42.5 Å². The Labute approximate surface area is 169 Å². The van der Waals surface area contributed by atoms with Gasteiger partial charge in [-0.3, -0.25) is 14.5 Å². The SMILES string of the molecule is COc1cccc(OC)c1OC(=O)[C@@H](CC(C)C)N1C(=O)c2ccccc2C1=O. The Morgan fingerprint density at radius 2 is 1.41 bits per heavy atom. The fourth-order valence-electron chi connectivity index (χ4n) is 3.33. The Kier molecular flexibility index (Phi) is 5.87. The number of imide groups is 1. The van der Waals surface area contributed by atoms with Gasteiger partial charge in [0.2, 0.25) is 5.75 Å². The van der Waals surface area contributed by atoms with Crippen molar-refractivity contribution in [2.45, 2.75) is 26.3 Å². The van der Waals surface area contributed by atoms with Crippen molar-refractivity contribution in [3.8, 4) is 17.2 Å². The van der Waals surface area contributed by atoms with Crippen LogP contribution in [0.4, 0.5) is 0 Å². The van der Waals surface area contributed by atoms with Crippen molar-refractivity contribution in [2.75, 3.05) is 14.2 Å². The summed E-state index contributed by atoms with van der Waals surface area (Å²) in [6, 6.07) is 10.4. The molecule has 0 spiro atoms. The average Bonchev–Trinajstić information content (AvgIpc) is 2.96. The molecule has 0 saturated heterocycles. The summed E-state index contributed by atoms with van der Waals surface area (Å²) in [7, 11) is 2.89. The minimum absolute atomic E-state index is 0.0384. The van der Waals surface area contributed by atoms with Gasteiger partial charge >= 0.3 is 5.97 Å². The van der Waals surface area contributed by atoms with E-state index in [2.05, 4.69) is 0 Å². The van der Waals surface area contributed by atoms with E-state index in [0.717, 1.165) is 4.90 Å². The van der Waals surface area contributed by atoms with E-state index in [4.69, 9.17) is 14.2 Å². The Hall–Kier alpha value is -3.35. The van der Waals surface area contributed by atoms with Gasteiger partial charge in [0.15, 0.2) is 11.5 Å². The normalized spacial score (nSPS) is 14.0. The number of hydrogen-bond acceptors (Lipinski definition) is 6. The average molecular weight is 397 g/mol. The van der Waals surface area contributed by atoms with Gasteiger partial charge in [-0.25, -0.2) is 4.79 Å². The fraction of sp³-hybridized carbons (Fsp3) is 0.318. The number of nitrogens with zero attached hydrogens (tertiary/aromatic N) is 1. The lowest BCUT2D eigenvalue weighted by Gasteiger charge is -2.26. The molecular weight excluding hydrogens is 374 g/mol. The molecule has 0 fully saturated rings. The third-order valence-corrected chi connectivity index (χ3v) is 4.69. The lowest BCUT2D eigenvalue weighted by molar-refractivity contribution is -0.139. The maximum atomic E-state index is 13.1. The van der Waals surface area contributed by atoms with Gasteiger partial charge in [0.25, 0.3) is 11.8 Å². The maximum absolute atomic E-state index is 13.1. The number of carbonyl (C=O) groups excluding carboxylic acids is 3. The molecule has 2 aromatic rings. The molecule has 1 aliphatic rings. The zero-order chi connectivity index (χ0) is 21.1. The summed E-state index contributed by atoms with van der Waals surface area (Å²) in [6.45, 7) is 3.81. The van der Waals surface area contributed by atoms with Gasteiger partial charge in [-0.15, -0.1) is 0 Å². The first-order chi connectivity index (χ1) is 13.9. The minimum atomic E-state index is -1.07. The summed E-state index contributed by atoms with van der Waals surface area (Å²) >= 11 is 0. The molecule has 0 unspecified atom stereocenters. The highest BCUT2D eigenvalue weighted by Crippen LogP contribution is 2.38. The van der Waals surface area contributed by atoms with Crippen molar-refractivity contribution < 1.29 is 28.6 Å². The number of fused-ring (bicyclic) bond motifs is 1. The van der Waals surface area contributed by atoms with E-state index >= 15 is 0 Å². The second-order valence-corrected chi connectivity index (χ2v) is 7.08. The van der Waals surface area contributed by atoms with Crippen LogP contribution < -0.4 is 14.2 Å². The maximum Gasteiger partial charge on any atom is 0.335 e. The molecule has 7 heteroatoms. The Morgan fingerprint density at radius 3 is 1.86 bits per heavy atom. The molecule has 1 heterocycles. The van der Waals surface area contributed by atoms with Crippen molar-refractivity contribution in [1.82, 2.24) is 4.90 Å². The van der Waals surface area contributed by atoms with Gasteiger partial charge in [0, 0.05) is 0 Å². The van der Waals surface area contributed by atoms with E-state index in [1.807, 2.05) is 13.8 Å². The van der Waals surface area contributed by atoms with Gasteiger partial charge < -0.3 is 14.2 Å². The monoisotopic (exact) mass is 397 g/mol. The van der Waals surface area contributed by atoms with Gasteiger partial charge in [0.05, 0.1) is 25.3 Å². The molecule has 0 saturated carbocycles. The second kappa shape index (κ2) is 8.34. The molecule has 0 aliphatic carbocycles. The molecule has 0 aromatic heterocycles. The number of carbonyl (C=O) groups is 3. The van der Waals surface area contributed by atoms with Crippen LogP contribution in [0.2, 0.25) is 0 Å². The van der Waals surface area contributed by atoms with Crippen LogP contribution in [0.15, 0.2) is 42.5 Å². The highest BCUT2D eigenvalue weighted by molar-refractivity contribution is 6.22. The number of methoxy groups -OCH3 is 2. The highest BCUT2D eigenvalue weighted by Gasteiger charge is 2.44. The van der Waals surface area contributed by atoms with Crippen LogP contribution in [0.5, 0.6) is 17.2 Å². The van der Waals surface area contributed by atoms with E-state index in [0.29, 0.717) is 11.5 Å². The van der Waals surface area contributed by atoms with E-state index in [-0.39, 0.29) is 29.2 Å². The Bertz CT molecular complexity index is 895. The summed E-state index contributed by atoms with van der Waals surface area (Å²) in [4.78, 5) is 39.9. The Morgan fingerprint density at radius 1 is 0.897 bits per heavy atom. The van der Waals surface area contributed by atoms with Crippen LogP contribution in [0.1, 0.15) is 41.0 Å². The van der Waals surface area contributed by atoms with E-state index in [9.17, 15) is 14.4 Å². The number of amides is 2. The zero-order valence-electron chi connectivity index (χ0n) is 16.8.